The van der Waals surface area contributed by atoms with E-state index < -0.39 is 22.7 Å². The van der Waals surface area contributed by atoms with Crippen LogP contribution in [0.4, 0.5) is 14.5 Å². The Morgan fingerprint density at radius 2 is 2.00 bits per heavy atom. The summed E-state index contributed by atoms with van der Waals surface area (Å²) in [6.45, 7) is 2.89. The molecule has 1 aliphatic heterocycles. The zero-order chi connectivity index (χ0) is 15.2. The molecule has 1 aromatic rings. The minimum absolute atomic E-state index is 0.0337. The van der Waals surface area contributed by atoms with Gasteiger partial charge in [0.2, 0.25) is 0 Å². The highest BCUT2D eigenvalue weighted by Crippen LogP contribution is 2.28. The summed E-state index contributed by atoms with van der Waals surface area (Å²) >= 11 is -1.89. The van der Waals surface area contributed by atoms with Crippen molar-refractivity contribution in [2.75, 3.05) is 43.4 Å². The average Bonchev–Trinajstić information content (AvgIpc) is 2.46. The quantitative estimate of drug-likeness (QED) is 0.612. The number of benzene rings is 1. The van der Waals surface area contributed by atoms with Gasteiger partial charge in [0.15, 0.2) is 22.6 Å². The maximum atomic E-state index is 13.9. The molecule has 0 bridgehead atoms. The Hall–Kier alpha value is -1.25. The fourth-order valence-electron chi connectivity index (χ4n) is 2.14. The van der Waals surface area contributed by atoms with E-state index in [2.05, 4.69) is 5.32 Å². The molecule has 0 radical (unpaired) electrons. The molecule has 0 saturated carbocycles. The van der Waals surface area contributed by atoms with E-state index in [0.29, 0.717) is 25.2 Å². The maximum Gasteiger partial charge on any atom is 0.168 e. The van der Waals surface area contributed by atoms with Gasteiger partial charge in [0.1, 0.15) is 5.82 Å². The van der Waals surface area contributed by atoms with E-state index in [1.165, 1.54) is 6.07 Å². The summed E-state index contributed by atoms with van der Waals surface area (Å²) in [5.41, 5.74) is 0.318. The largest absolute Gasteiger partial charge is 0.490 e. The number of piperazine rings is 1. The molecule has 1 unspecified atom stereocenters. The van der Waals surface area contributed by atoms with Crippen molar-refractivity contribution in [3.05, 3.63) is 23.8 Å². The molecule has 0 amide bonds. The van der Waals surface area contributed by atoms with Gasteiger partial charge in [-0.1, -0.05) is 0 Å². The van der Waals surface area contributed by atoms with Crippen LogP contribution in [0.3, 0.4) is 0 Å². The number of nitrogens with zero attached hydrogens (tertiary/aromatic N) is 1. The molecule has 2 N–H and O–H groups in total. The monoisotopic (exact) mass is 320 g/mol. The van der Waals surface area contributed by atoms with Crippen molar-refractivity contribution in [2.24, 2.45) is 0 Å². The predicted molar refractivity (Wildman–Crippen MR) is 77.2 cm³/mol. The van der Waals surface area contributed by atoms with Gasteiger partial charge in [-0.2, -0.15) is 0 Å². The third-order valence-corrected chi connectivity index (χ3v) is 3.82. The minimum atomic E-state index is -1.89. The molecule has 1 fully saturated rings. The maximum absolute atomic E-state index is 13.9. The van der Waals surface area contributed by atoms with Crippen LogP contribution in [0.1, 0.15) is 6.42 Å². The molecule has 1 aliphatic rings. The molecule has 1 atom stereocenters. The number of rotatable bonds is 6. The Kier molecular flexibility index (Phi) is 5.89. The van der Waals surface area contributed by atoms with E-state index in [1.807, 2.05) is 4.90 Å². The first-order valence-electron chi connectivity index (χ1n) is 6.73. The minimum Gasteiger partial charge on any atom is -0.490 e. The second-order valence-corrected chi connectivity index (χ2v) is 5.75. The first-order valence-corrected chi connectivity index (χ1v) is 8.00. The average molecular weight is 320 g/mol. The fourth-order valence-corrected chi connectivity index (χ4v) is 2.51. The molecule has 1 heterocycles. The number of hydrogen-bond donors (Lipinski definition) is 2. The Labute approximate surface area is 124 Å². The van der Waals surface area contributed by atoms with Crippen LogP contribution in [-0.4, -0.2) is 47.3 Å². The number of hydrogen-bond acceptors (Lipinski definition) is 4. The molecule has 2 rings (SSSR count). The van der Waals surface area contributed by atoms with E-state index in [4.69, 9.17) is 9.29 Å². The van der Waals surface area contributed by atoms with E-state index in [0.717, 1.165) is 19.2 Å². The van der Waals surface area contributed by atoms with Crippen molar-refractivity contribution in [2.45, 2.75) is 6.42 Å². The van der Waals surface area contributed by atoms with Crippen LogP contribution in [-0.2, 0) is 11.1 Å². The molecule has 0 spiro atoms. The van der Waals surface area contributed by atoms with Gasteiger partial charge in [-0.05, 0) is 6.42 Å². The Morgan fingerprint density at radius 1 is 1.29 bits per heavy atom. The van der Waals surface area contributed by atoms with Crippen molar-refractivity contribution in [3.8, 4) is 5.75 Å². The zero-order valence-corrected chi connectivity index (χ0v) is 12.3. The fraction of sp³-hybridized carbons (Fsp3) is 0.538. The summed E-state index contributed by atoms with van der Waals surface area (Å²) in [5.74, 6) is -1.35. The van der Waals surface area contributed by atoms with Crippen molar-refractivity contribution in [1.29, 1.82) is 0 Å². The molecular weight excluding hydrogens is 302 g/mol. The van der Waals surface area contributed by atoms with E-state index in [-0.39, 0.29) is 18.1 Å². The van der Waals surface area contributed by atoms with Gasteiger partial charge in [-0.25, -0.2) is 13.0 Å². The Bertz CT molecular complexity index is 510. The lowest BCUT2D eigenvalue weighted by Crippen LogP contribution is -2.43. The predicted octanol–water partition coefficient (Wildman–Crippen LogP) is 1.37. The van der Waals surface area contributed by atoms with Crippen LogP contribution in [0.5, 0.6) is 5.75 Å². The Morgan fingerprint density at radius 3 is 2.67 bits per heavy atom. The number of ether oxygens (including phenoxy) is 1. The lowest BCUT2D eigenvalue weighted by Gasteiger charge is -2.30. The number of halogens is 2. The van der Waals surface area contributed by atoms with Crippen molar-refractivity contribution >= 4 is 16.8 Å². The second kappa shape index (κ2) is 7.67. The normalized spacial score (nSPS) is 16.8. The van der Waals surface area contributed by atoms with Crippen LogP contribution >= 0.6 is 0 Å². The van der Waals surface area contributed by atoms with E-state index in [9.17, 15) is 13.0 Å². The SMILES string of the molecule is O=S(O)CCCOc1cc(N2CCNCC2)c(F)cc1F. The van der Waals surface area contributed by atoms with Crippen molar-refractivity contribution < 1.29 is 22.3 Å². The van der Waals surface area contributed by atoms with Gasteiger partial charge in [0, 0.05) is 38.3 Å². The summed E-state index contributed by atoms with van der Waals surface area (Å²) in [5, 5.41) is 3.16. The van der Waals surface area contributed by atoms with Gasteiger partial charge in [0.25, 0.3) is 0 Å². The summed E-state index contributed by atoms with van der Waals surface area (Å²) in [6, 6.07) is 2.17. The molecule has 0 aromatic heterocycles. The second-order valence-electron chi connectivity index (χ2n) is 4.70. The van der Waals surface area contributed by atoms with Crippen LogP contribution in [0.15, 0.2) is 12.1 Å². The molecule has 1 saturated heterocycles. The van der Waals surface area contributed by atoms with Gasteiger partial charge in [0.05, 0.1) is 18.0 Å². The lowest BCUT2D eigenvalue weighted by molar-refractivity contribution is 0.300. The molecular formula is C13H18F2N2O3S. The summed E-state index contributed by atoms with van der Waals surface area (Å²) in [6.07, 6.45) is 0.322. The van der Waals surface area contributed by atoms with Crippen LogP contribution in [0, 0.1) is 11.6 Å². The van der Waals surface area contributed by atoms with E-state index in [1.54, 1.807) is 0 Å². The Balaban J connectivity index is 2.04. The van der Waals surface area contributed by atoms with Crippen molar-refractivity contribution in [3.63, 3.8) is 0 Å². The molecule has 21 heavy (non-hydrogen) atoms. The van der Waals surface area contributed by atoms with Gasteiger partial charge in [-0.15, -0.1) is 0 Å². The van der Waals surface area contributed by atoms with Gasteiger partial charge >= 0.3 is 0 Å². The smallest absolute Gasteiger partial charge is 0.168 e. The standard InChI is InChI=1S/C13H18F2N2O3S/c14-10-8-11(15)13(20-6-1-7-21(18)19)9-12(10)17-4-2-16-3-5-17/h8-9,16H,1-7H2,(H,18,19). The molecule has 1 aromatic carbocycles. The molecule has 118 valence electrons. The van der Waals surface area contributed by atoms with Gasteiger partial charge < -0.3 is 19.5 Å². The third kappa shape index (κ3) is 4.62. The summed E-state index contributed by atoms with van der Waals surface area (Å²) in [7, 11) is 0. The number of nitrogens with one attached hydrogen (secondary N) is 1. The highest BCUT2D eigenvalue weighted by atomic mass is 32.2. The summed E-state index contributed by atoms with van der Waals surface area (Å²) in [4.78, 5) is 1.83. The molecule has 5 nitrogen and oxygen atoms in total. The van der Waals surface area contributed by atoms with Crippen LogP contribution in [0.25, 0.3) is 0 Å². The van der Waals surface area contributed by atoms with Crippen LogP contribution in [0.2, 0.25) is 0 Å². The number of anilines is 1. The molecule has 8 heteroatoms. The highest BCUT2D eigenvalue weighted by Gasteiger charge is 2.18. The topological polar surface area (TPSA) is 61.8 Å². The first-order chi connectivity index (χ1) is 10.1. The van der Waals surface area contributed by atoms with Crippen molar-refractivity contribution in [1.82, 2.24) is 5.32 Å². The lowest BCUT2D eigenvalue weighted by atomic mass is 10.2. The van der Waals surface area contributed by atoms with Crippen LogP contribution < -0.4 is 15.0 Å². The van der Waals surface area contributed by atoms with Gasteiger partial charge in [-0.3, -0.25) is 0 Å². The van der Waals surface area contributed by atoms with E-state index >= 15 is 0 Å². The highest BCUT2D eigenvalue weighted by molar-refractivity contribution is 7.79. The summed E-state index contributed by atoms with van der Waals surface area (Å²) < 4.78 is 51.9. The third-order valence-electron chi connectivity index (χ3n) is 3.18. The molecule has 0 aliphatic carbocycles. The zero-order valence-electron chi connectivity index (χ0n) is 11.5. The first kappa shape index (κ1) is 16.1.